The summed E-state index contributed by atoms with van der Waals surface area (Å²) in [7, 11) is 0. The standard InChI is InChI=1S/C27H28F2O4/c28-24-26(32-18-22-14-8-3-9-15-22)25(31-17-21-12-6-2-7-13-21)23(33-27(24)29)19-30-16-20-10-4-1-5-11-20/h1-15,23-27H,16-19H2/t23-,24-,25+,26-,27-/m1/s1. The summed E-state index contributed by atoms with van der Waals surface area (Å²) in [6, 6.07) is 28.5. The molecule has 174 valence electrons. The highest BCUT2D eigenvalue weighted by Gasteiger charge is 2.48. The maximum absolute atomic E-state index is 14.9. The lowest BCUT2D eigenvalue weighted by atomic mass is 9.99. The van der Waals surface area contributed by atoms with Crippen molar-refractivity contribution in [3.63, 3.8) is 0 Å². The molecule has 6 heteroatoms. The Kier molecular flexibility index (Phi) is 8.55. The van der Waals surface area contributed by atoms with Crippen molar-refractivity contribution in [2.45, 2.75) is 50.7 Å². The number of rotatable bonds is 10. The molecule has 0 N–H and O–H groups in total. The van der Waals surface area contributed by atoms with E-state index in [1.165, 1.54) is 0 Å². The van der Waals surface area contributed by atoms with E-state index in [-0.39, 0.29) is 19.8 Å². The van der Waals surface area contributed by atoms with Gasteiger partial charge in [-0.05, 0) is 16.7 Å². The largest absolute Gasteiger partial charge is 0.374 e. The molecule has 0 aromatic heterocycles. The van der Waals surface area contributed by atoms with Gasteiger partial charge < -0.3 is 18.9 Å². The number of ether oxygens (including phenoxy) is 4. The van der Waals surface area contributed by atoms with Crippen molar-refractivity contribution in [2.24, 2.45) is 0 Å². The molecule has 4 rings (SSSR count). The van der Waals surface area contributed by atoms with Gasteiger partial charge in [0.15, 0.2) is 6.17 Å². The summed E-state index contributed by atoms with van der Waals surface area (Å²) < 4.78 is 52.5. The van der Waals surface area contributed by atoms with E-state index >= 15 is 0 Å². The zero-order chi connectivity index (χ0) is 22.9. The zero-order valence-corrected chi connectivity index (χ0v) is 18.3. The van der Waals surface area contributed by atoms with Crippen LogP contribution in [0.15, 0.2) is 91.0 Å². The van der Waals surface area contributed by atoms with Crippen molar-refractivity contribution >= 4 is 0 Å². The third-order valence-corrected chi connectivity index (χ3v) is 5.52. The Morgan fingerprint density at radius 1 is 0.606 bits per heavy atom. The molecule has 1 saturated heterocycles. The van der Waals surface area contributed by atoms with E-state index < -0.39 is 30.8 Å². The fourth-order valence-corrected chi connectivity index (χ4v) is 3.78. The molecule has 0 aliphatic carbocycles. The highest BCUT2D eigenvalue weighted by atomic mass is 19.2. The van der Waals surface area contributed by atoms with Gasteiger partial charge in [-0.15, -0.1) is 0 Å². The Morgan fingerprint density at radius 2 is 1.06 bits per heavy atom. The maximum atomic E-state index is 14.9. The van der Waals surface area contributed by atoms with Crippen LogP contribution in [0.5, 0.6) is 0 Å². The minimum absolute atomic E-state index is 0.0483. The number of benzene rings is 3. The summed E-state index contributed by atoms with van der Waals surface area (Å²) >= 11 is 0. The van der Waals surface area contributed by atoms with Crippen molar-refractivity contribution in [3.05, 3.63) is 108 Å². The Morgan fingerprint density at radius 3 is 1.58 bits per heavy atom. The lowest BCUT2D eigenvalue weighted by Crippen LogP contribution is -2.57. The quantitative estimate of drug-likeness (QED) is 0.411. The summed E-state index contributed by atoms with van der Waals surface area (Å²) in [5.41, 5.74) is 2.76. The van der Waals surface area contributed by atoms with Crippen LogP contribution in [0, 0.1) is 0 Å². The molecule has 5 atom stereocenters. The van der Waals surface area contributed by atoms with Crippen LogP contribution in [0.2, 0.25) is 0 Å². The van der Waals surface area contributed by atoms with E-state index in [9.17, 15) is 8.78 Å². The van der Waals surface area contributed by atoms with Crippen molar-refractivity contribution in [1.29, 1.82) is 0 Å². The number of halogens is 2. The molecule has 0 amide bonds. The Hall–Kier alpha value is -2.64. The highest BCUT2D eigenvalue weighted by molar-refractivity contribution is 5.15. The minimum atomic E-state index is -2.12. The summed E-state index contributed by atoms with van der Waals surface area (Å²) in [6.07, 6.45) is -6.89. The predicted molar refractivity (Wildman–Crippen MR) is 121 cm³/mol. The van der Waals surface area contributed by atoms with Gasteiger partial charge in [-0.25, -0.2) is 8.78 Å². The summed E-state index contributed by atoms with van der Waals surface area (Å²) in [4.78, 5) is 0. The molecule has 1 aliphatic heterocycles. The second-order valence-corrected chi connectivity index (χ2v) is 7.99. The normalized spacial score (nSPS) is 25.1. The average molecular weight is 455 g/mol. The molecule has 33 heavy (non-hydrogen) atoms. The second-order valence-electron chi connectivity index (χ2n) is 7.99. The molecule has 0 spiro atoms. The summed E-state index contributed by atoms with van der Waals surface area (Å²) in [5.74, 6) is 0. The second kappa shape index (κ2) is 12.0. The predicted octanol–water partition coefficient (Wildman–Crippen LogP) is 5.41. The fourth-order valence-electron chi connectivity index (χ4n) is 3.78. The van der Waals surface area contributed by atoms with Crippen LogP contribution in [-0.2, 0) is 38.8 Å². The highest BCUT2D eigenvalue weighted by Crippen LogP contribution is 2.30. The maximum Gasteiger partial charge on any atom is 0.233 e. The number of hydrogen-bond donors (Lipinski definition) is 0. The lowest BCUT2D eigenvalue weighted by Gasteiger charge is -2.41. The first-order valence-electron chi connectivity index (χ1n) is 11.1. The molecular formula is C27H28F2O4. The topological polar surface area (TPSA) is 36.9 Å². The first-order chi connectivity index (χ1) is 16.2. The molecular weight excluding hydrogens is 426 g/mol. The van der Waals surface area contributed by atoms with Crippen molar-refractivity contribution in [2.75, 3.05) is 6.61 Å². The van der Waals surface area contributed by atoms with E-state index in [0.29, 0.717) is 6.61 Å². The van der Waals surface area contributed by atoms with Crippen LogP contribution in [-0.4, -0.2) is 37.4 Å². The van der Waals surface area contributed by atoms with Gasteiger partial charge in [0, 0.05) is 0 Å². The van der Waals surface area contributed by atoms with Gasteiger partial charge >= 0.3 is 0 Å². The van der Waals surface area contributed by atoms with Gasteiger partial charge in [-0.3, -0.25) is 0 Å². The van der Waals surface area contributed by atoms with Crippen molar-refractivity contribution in [3.8, 4) is 0 Å². The molecule has 4 nitrogen and oxygen atoms in total. The molecule has 0 saturated carbocycles. The van der Waals surface area contributed by atoms with E-state index in [0.717, 1.165) is 16.7 Å². The van der Waals surface area contributed by atoms with Crippen LogP contribution in [0.4, 0.5) is 8.78 Å². The Bertz CT molecular complexity index is 942. The molecule has 3 aromatic carbocycles. The van der Waals surface area contributed by atoms with Gasteiger partial charge in [0.05, 0.1) is 26.4 Å². The minimum Gasteiger partial charge on any atom is -0.374 e. The van der Waals surface area contributed by atoms with Crippen molar-refractivity contribution in [1.82, 2.24) is 0 Å². The Labute approximate surface area is 193 Å². The van der Waals surface area contributed by atoms with Gasteiger partial charge in [-0.2, -0.15) is 0 Å². The molecule has 0 bridgehead atoms. The number of hydrogen-bond acceptors (Lipinski definition) is 4. The molecule has 0 radical (unpaired) electrons. The van der Waals surface area contributed by atoms with Crippen LogP contribution < -0.4 is 0 Å². The molecule has 0 unspecified atom stereocenters. The third kappa shape index (κ3) is 6.68. The summed E-state index contributed by atoms with van der Waals surface area (Å²) in [6.45, 7) is 0.741. The zero-order valence-electron chi connectivity index (χ0n) is 18.3. The summed E-state index contributed by atoms with van der Waals surface area (Å²) in [5, 5.41) is 0. The molecule has 1 fully saturated rings. The molecule has 1 heterocycles. The van der Waals surface area contributed by atoms with Gasteiger partial charge in [-0.1, -0.05) is 91.0 Å². The lowest BCUT2D eigenvalue weighted by molar-refractivity contribution is -0.274. The fraction of sp³-hybridized carbons (Fsp3) is 0.333. The van der Waals surface area contributed by atoms with E-state index in [1.54, 1.807) is 0 Å². The monoisotopic (exact) mass is 454 g/mol. The molecule has 1 aliphatic rings. The smallest absolute Gasteiger partial charge is 0.233 e. The Balaban J connectivity index is 1.46. The number of alkyl halides is 2. The van der Waals surface area contributed by atoms with Gasteiger partial charge in [0.2, 0.25) is 6.36 Å². The van der Waals surface area contributed by atoms with E-state index in [4.69, 9.17) is 18.9 Å². The van der Waals surface area contributed by atoms with Crippen LogP contribution in [0.3, 0.4) is 0 Å². The van der Waals surface area contributed by atoms with Crippen LogP contribution >= 0.6 is 0 Å². The van der Waals surface area contributed by atoms with Crippen LogP contribution in [0.25, 0.3) is 0 Å². The SMILES string of the molecule is F[C@@H]1[C@@H](OCc2ccccc2)[C@@H](OCc2ccccc2)[C@@H](COCc2ccccc2)O[C@H]1F. The van der Waals surface area contributed by atoms with Crippen LogP contribution in [0.1, 0.15) is 16.7 Å². The third-order valence-electron chi connectivity index (χ3n) is 5.52. The van der Waals surface area contributed by atoms with Gasteiger partial charge in [0.1, 0.15) is 18.3 Å². The first kappa shape index (κ1) is 23.5. The average Bonchev–Trinajstić information content (AvgIpc) is 2.86. The van der Waals surface area contributed by atoms with Crippen molar-refractivity contribution < 1.29 is 27.7 Å². The first-order valence-corrected chi connectivity index (χ1v) is 11.1. The molecule has 3 aromatic rings. The van der Waals surface area contributed by atoms with E-state index in [1.807, 2.05) is 91.0 Å². The van der Waals surface area contributed by atoms with E-state index in [2.05, 4.69) is 0 Å². The van der Waals surface area contributed by atoms with Gasteiger partial charge in [0.25, 0.3) is 0 Å².